The molecule has 0 amide bonds. The summed E-state index contributed by atoms with van der Waals surface area (Å²) in [6, 6.07) is 19.3. The number of ether oxygens (including phenoxy) is 2. The average Bonchev–Trinajstić information content (AvgIpc) is 3.32. The van der Waals surface area contributed by atoms with E-state index in [2.05, 4.69) is 22.0 Å². The number of hydrogen-bond donors (Lipinski definition) is 1. The van der Waals surface area contributed by atoms with Crippen molar-refractivity contribution in [2.45, 2.75) is 32.7 Å². The summed E-state index contributed by atoms with van der Waals surface area (Å²) in [6.45, 7) is 5.56. The van der Waals surface area contributed by atoms with E-state index in [4.69, 9.17) is 9.47 Å². The normalized spacial score (nSPS) is 14.6. The third kappa shape index (κ3) is 5.25. The standard InChI is InChI=1S/C28H28N4O5/c1-3-31(22-10-8-19(9-11-22)21-16-36-26(33)14-27(34)37-17-21)15-20-12-18(2)13-25(28(20)35)32-29-23-6-4-5-7-24(23)30-32/h4-13,21,35H,3,14-17H2,1-2H3. The summed E-state index contributed by atoms with van der Waals surface area (Å²) in [5.41, 5.74) is 5.69. The van der Waals surface area contributed by atoms with Crippen LogP contribution in [0.4, 0.5) is 5.69 Å². The zero-order chi connectivity index (χ0) is 25.9. The van der Waals surface area contributed by atoms with Crippen molar-refractivity contribution in [3.05, 3.63) is 77.4 Å². The van der Waals surface area contributed by atoms with Crippen LogP contribution >= 0.6 is 0 Å². The molecule has 9 nitrogen and oxygen atoms in total. The average molecular weight is 501 g/mol. The van der Waals surface area contributed by atoms with Gasteiger partial charge in [0.2, 0.25) is 0 Å². The Morgan fingerprint density at radius 2 is 1.59 bits per heavy atom. The predicted molar refractivity (Wildman–Crippen MR) is 138 cm³/mol. The number of rotatable bonds is 6. The molecule has 9 heteroatoms. The second kappa shape index (κ2) is 10.3. The van der Waals surface area contributed by atoms with Gasteiger partial charge in [-0.25, -0.2) is 0 Å². The maximum absolute atomic E-state index is 11.6. The van der Waals surface area contributed by atoms with Crippen LogP contribution in [0.15, 0.2) is 60.7 Å². The summed E-state index contributed by atoms with van der Waals surface area (Å²) in [5, 5.41) is 20.2. The summed E-state index contributed by atoms with van der Waals surface area (Å²) in [4.78, 5) is 26.9. The number of carbonyl (C=O) groups is 2. The van der Waals surface area contributed by atoms with Gasteiger partial charge in [0, 0.05) is 24.3 Å². The van der Waals surface area contributed by atoms with Gasteiger partial charge in [0.15, 0.2) is 0 Å². The molecular weight excluding hydrogens is 472 g/mol. The summed E-state index contributed by atoms with van der Waals surface area (Å²) < 4.78 is 10.4. The minimum absolute atomic E-state index is 0.138. The van der Waals surface area contributed by atoms with Gasteiger partial charge in [-0.3, -0.25) is 9.59 Å². The zero-order valence-corrected chi connectivity index (χ0v) is 20.8. The van der Waals surface area contributed by atoms with Gasteiger partial charge in [-0.1, -0.05) is 30.3 Å². The smallest absolute Gasteiger partial charge is 0.317 e. The molecule has 1 fully saturated rings. The fourth-order valence-corrected chi connectivity index (χ4v) is 4.47. The molecule has 0 aliphatic carbocycles. The molecule has 1 aliphatic rings. The molecule has 1 saturated heterocycles. The van der Waals surface area contributed by atoms with Gasteiger partial charge >= 0.3 is 11.9 Å². The first-order valence-corrected chi connectivity index (χ1v) is 12.2. The van der Waals surface area contributed by atoms with Crippen LogP contribution in [0.5, 0.6) is 5.75 Å². The van der Waals surface area contributed by atoms with Crippen molar-refractivity contribution in [1.82, 2.24) is 15.0 Å². The number of nitrogens with zero attached hydrogens (tertiary/aromatic N) is 4. The number of aromatic nitrogens is 3. The lowest BCUT2D eigenvalue weighted by Gasteiger charge is -2.25. The van der Waals surface area contributed by atoms with Crippen molar-refractivity contribution in [3.63, 3.8) is 0 Å². The van der Waals surface area contributed by atoms with Gasteiger partial charge in [0.25, 0.3) is 0 Å². The fourth-order valence-electron chi connectivity index (χ4n) is 4.47. The van der Waals surface area contributed by atoms with Crippen LogP contribution in [0.25, 0.3) is 16.7 Å². The molecule has 0 bridgehead atoms. The molecule has 0 saturated carbocycles. The van der Waals surface area contributed by atoms with Gasteiger partial charge in [-0.05, 0) is 55.3 Å². The number of carbonyl (C=O) groups excluding carboxylic acids is 2. The molecule has 1 aliphatic heterocycles. The number of anilines is 1. The van der Waals surface area contributed by atoms with Crippen LogP contribution in [0.3, 0.4) is 0 Å². The molecule has 3 aromatic carbocycles. The SMILES string of the molecule is CCN(Cc1cc(C)cc(-n2nc3ccccc3n2)c1O)c1ccc(C2COC(=O)CC(=O)OC2)cc1. The lowest BCUT2D eigenvalue weighted by Crippen LogP contribution is -2.26. The Bertz CT molecular complexity index is 1400. The summed E-state index contributed by atoms with van der Waals surface area (Å²) in [6.07, 6.45) is -0.350. The van der Waals surface area contributed by atoms with Crippen LogP contribution in [0, 0.1) is 6.92 Å². The Hall–Kier alpha value is -4.40. The molecule has 1 aromatic heterocycles. The molecule has 37 heavy (non-hydrogen) atoms. The Labute approximate surface area is 214 Å². The van der Waals surface area contributed by atoms with Crippen LogP contribution < -0.4 is 4.90 Å². The Morgan fingerprint density at radius 1 is 0.973 bits per heavy atom. The van der Waals surface area contributed by atoms with Crippen LogP contribution in [0.2, 0.25) is 0 Å². The Kier molecular flexibility index (Phi) is 6.76. The number of aromatic hydroxyl groups is 1. The first kappa shape index (κ1) is 24.3. The number of aryl methyl sites for hydroxylation is 1. The van der Waals surface area contributed by atoms with Crippen LogP contribution in [-0.4, -0.2) is 51.8 Å². The van der Waals surface area contributed by atoms with Crippen molar-refractivity contribution < 1.29 is 24.2 Å². The molecule has 0 radical (unpaired) electrons. The number of esters is 2. The molecule has 4 aromatic rings. The first-order valence-electron chi connectivity index (χ1n) is 12.2. The molecule has 5 rings (SSSR count). The number of cyclic esters (lactones) is 2. The van der Waals surface area contributed by atoms with Crippen molar-refractivity contribution in [3.8, 4) is 11.4 Å². The first-order chi connectivity index (χ1) is 17.9. The number of phenolic OH excluding ortho intramolecular Hbond substituents is 1. The minimum Gasteiger partial charge on any atom is -0.505 e. The lowest BCUT2D eigenvalue weighted by molar-refractivity contribution is -0.159. The maximum atomic E-state index is 11.6. The van der Waals surface area contributed by atoms with Crippen molar-refractivity contribution in [2.24, 2.45) is 0 Å². The zero-order valence-electron chi connectivity index (χ0n) is 20.8. The largest absolute Gasteiger partial charge is 0.505 e. The third-order valence-corrected chi connectivity index (χ3v) is 6.47. The van der Waals surface area contributed by atoms with Crippen LogP contribution in [-0.2, 0) is 25.6 Å². The van der Waals surface area contributed by atoms with Gasteiger partial charge in [0.05, 0.1) is 5.92 Å². The molecule has 0 unspecified atom stereocenters. The van der Waals surface area contributed by atoms with E-state index in [9.17, 15) is 14.7 Å². The van der Waals surface area contributed by atoms with E-state index in [1.54, 1.807) is 0 Å². The number of hydrogen-bond acceptors (Lipinski definition) is 8. The molecular formula is C28H28N4O5. The highest BCUT2D eigenvalue weighted by Crippen LogP contribution is 2.31. The summed E-state index contributed by atoms with van der Waals surface area (Å²) >= 11 is 0. The topological polar surface area (TPSA) is 107 Å². The maximum Gasteiger partial charge on any atom is 0.317 e. The third-order valence-electron chi connectivity index (χ3n) is 6.47. The van der Waals surface area contributed by atoms with E-state index in [1.807, 2.05) is 67.6 Å². The Balaban J connectivity index is 1.37. The number of benzene rings is 3. The molecule has 0 atom stereocenters. The van der Waals surface area contributed by atoms with E-state index >= 15 is 0 Å². The van der Waals surface area contributed by atoms with E-state index in [1.165, 1.54) is 4.80 Å². The van der Waals surface area contributed by atoms with E-state index < -0.39 is 11.9 Å². The van der Waals surface area contributed by atoms with Crippen LogP contribution in [0.1, 0.15) is 36.0 Å². The highest BCUT2D eigenvalue weighted by Gasteiger charge is 2.23. The number of fused-ring (bicyclic) bond motifs is 1. The molecule has 1 N–H and O–H groups in total. The monoisotopic (exact) mass is 500 g/mol. The van der Waals surface area contributed by atoms with Gasteiger partial charge in [-0.2, -0.15) is 0 Å². The van der Waals surface area contributed by atoms with Gasteiger partial charge in [-0.15, -0.1) is 15.0 Å². The Morgan fingerprint density at radius 3 is 2.19 bits per heavy atom. The second-order valence-corrected chi connectivity index (χ2v) is 9.12. The highest BCUT2D eigenvalue weighted by atomic mass is 16.6. The quantitative estimate of drug-likeness (QED) is 0.312. The van der Waals surface area contributed by atoms with Gasteiger partial charge < -0.3 is 19.5 Å². The van der Waals surface area contributed by atoms with Crippen molar-refractivity contribution in [1.29, 1.82) is 0 Å². The fraction of sp³-hybridized carbons (Fsp3) is 0.286. The highest BCUT2D eigenvalue weighted by molar-refractivity contribution is 5.91. The minimum atomic E-state index is -0.570. The van der Waals surface area contributed by atoms with Gasteiger partial charge in [0.1, 0.15) is 42.1 Å². The van der Waals surface area contributed by atoms with Crippen molar-refractivity contribution >= 4 is 28.7 Å². The predicted octanol–water partition coefficient (Wildman–Crippen LogP) is 4.03. The molecule has 2 heterocycles. The number of phenols is 1. The summed E-state index contributed by atoms with van der Waals surface area (Å²) in [7, 11) is 0. The van der Waals surface area contributed by atoms with E-state index in [-0.39, 0.29) is 31.3 Å². The molecule has 0 spiro atoms. The van der Waals surface area contributed by atoms with E-state index in [0.717, 1.165) is 33.4 Å². The lowest BCUT2D eigenvalue weighted by atomic mass is 10.00. The summed E-state index contributed by atoms with van der Waals surface area (Å²) in [5.74, 6) is -1.23. The second-order valence-electron chi connectivity index (χ2n) is 9.12. The molecule has 190 valence electrons. The van der Waals surface area contributed by atoms with Crippen molar-refractivity contribution in [2.75, 3.05) is 24.7 Å². The van der Waals surface area contributed by atoms with E-state index in [0.29, 0.717) is 18.8 Å².